The predicted molar refractivity (Wildman–Crippen MR) is 151 cm³/mol. The molecule has 216 valence electrons. The number of hydrogen-bond acceptors (Lipinski definition) is 7. The Kier molecular flexibility index (Phi) is 8.99. The van der Waals surface area contributed by atoms with E-state index in [-0.39, 0.29) is 17.7 Å². The SMILES string of the molecule is C=N/C(N)=C(\C=C(/C)NC(=O)C(=O)N1C[C@@H](C)CC[C@@H]1c1ccc2sc(C3CCN(C)CC3)nc2c1)C(F)(F)F. The Labute approximate surface area is 235 Å². The van der Waals surface area contributed by atoms with E-state index in [2.05, 4.69) is 29.0 Å². The smallest absolute Gasteiger partial charge is 0.383 e. The number of benzene rings is 1. The van der Waals surface area contributed by atoms with Gasteiger partial charge in [0.1, 0.15) is 5.82 Å². The predicted octanol–water partition coefficient (Wildman–Crippen LogP) is 4.86. The molecule has 0 aliphatic carbocycles. The van der Waals surface area contributed by atoms with Crippen molar-refractivity contribution in [3.63, 3.8) is 0 Å². The van der Waals surface area contributed by atoms with Gasteiger partial charge < -0.3 is 20.9 Å². The maximum absolute atomic E-state index is 13.4. The number of aliphatic imine (C=N–C) groups is 1. The highest BCUT2D eigenvalue weighted by Gasteiger charge is 2.36. The van der Waals surface area contributed by atoms with E-state index < -0.39 is 29.4 Å². The number of thiazole rings is 1. The van der Waals surface area contributed by atoms with E-state index in [1.54, 1.807) is 11.3 Å². The minimum Gasteiger partial charge on any atom is -0.383 e. The number of aromatic nitrogens is 1. The third-order valence-corrected chi connectivity index (χ3v) is 8.78. The average Bonchev–Trinajstić information content (AvgIpc) is 3.34. The molecular formula is C28H35F3N6O2S. The zero-order chi connectivity index (χ0) is 29.2. The second kappa shape index (κ2) is 12.1. The van der Waals surface area contributed by atoms with Gasteiger partial charge in [0.2, 0.25) is 0 Å². The molecule has 12 heteroatoms. The molecule has 0 saturated carbocycles. The molecule has 8 nitrogen and oxygen atoms in total. The number of fused-ring (bicyclic) bond motifs is 1. The molecule has 2 saturated heterocycles. The number of allylic oxidation sites excluding steroid dienone is 3. The lowest BCUT2D eigenvalue weighted by Gasteiger charge is -2.38. The Bertz CT molecular complexity index is 1340. The molecule has 2 fully saturated rings. The quantitative estimate of drug-likeness (QED) is 0.301. The van der Waals surface area contributed by atoms with E-state index in [0.717, 1.165) is 53.1 Å². The molecule has 3 heterocycles. The van der Waals surface area contributed by atoms with Crippen LogP contribution in [0.15, 0.2) is 46.4 Å². The molecule has 0 bridgehead atoms. The van der Waals surface area contributed by atoms with Crippen LogP contribution in [0.5, 0.6) is 0 Å². The zero-order valence-corrected chi connectivity index (χ0v) is 23.7. The fourth-order valence-corrected chi connectivity index (χ4v) is 6.44. The van der Waals surface area contributed by atoms with Gasteiger partial charge >= 0.3 is 18.0 Å². The normalized spacial score (nSPS) is 22.2. The molecule has 0 radical (unpaired) electrons. The van der Waals surface area contributed by atoms with Crippen molar-refractivity contribution in [2.75, 3.05) is 26.7 Å². The molecule has 40 heavy (non-hydrogen) atoms. The van der Waals surface area contributed by atoms with Crippen LogP contribution in [0.2, 0.25) is 0 Å². The Balaban J connectivity index is 1.54. The molecule has 1 aromatic carbocycles. The molecule has 2 atom stereocenters. The molecule has 0 spiro atoms. The second-order valence-electron chi connectivity index (χ2n) is 10.7. The molecule has 4 rings (SSSR count). The lowest BCUT2D eigenvalue weighted by atomic mass is 9.89. The van der Waals surface area contributed by atoms with Crippen molar-refractivity contribution in [1.29, 1.82) is 0 Å². The largest absolute Gasteiger partial charge is 0.420 e. The van der Waals surface area contributed by atoms with Gasteiger partial charge in [-0.05, 0) is 89.2 Å². The number of likely N-dealkylation sites (tertiary alicyclic amines) is 2. The van der Waals surface area contributed by atoms with Crippen molar-refractivity contribution in [2.24, 2.45) is 16.6 Å². The number of halogens is 3. The van der Waals surface area contributed by atoms with Gasteiger partial charge in [-0.25, -0.2) is 9.98 Å². The molecule has 2 aromatic rings. The first-order valence-electron chi connectivity index (χ1n) is 13.3. The molecule has 3 N–H and O–H groups in total. The minimum atomic E-state index is -4.81. The van der Waals surface area contributed by atoms with Gasteiger partial charge in [-0.2, -0.15) is 13.2 Å². The van der Waals surface area contributed by atoms with Crippen LogP contribution in [0.3, 0.4) is 0 Å². The Hall–Kier alpha value is -3.25. The summed E-state index contributed by atoms with van der Waals surface area (Å²) in [7, 11) is 2.13. The third-order valence-electron chi connectivity index (χ3n) is 7.58. The van der Waals surface area contributed by atoms with Crippen molar-refractivity contribution < 1.29 is 22.8 Å². The number of hydrogen-bond donors (Lipinski definition) is 2. The fraction of sp³-hybridized carbons (Fsp3) is 0.500. The molecule has 2 aliphatic heterocycles. The maximum Gasteiger partial charge on any atom is 0.420 e. The summed E-state index contributed by atoms with van der Waals surface area (Å²) in [4.78, 5) is 38.1. The first-order valence-corrected chi connectivity index (χ1v) is 14.1. The van der Waals surface area contributed by atoms with E-state index in [1.807, 2.05) is 25.1 Å². The van der Waals surface area contributed by atoms with E-state index in [9.17, 15) is 22.8 Å². The lowest BCUT2D eigenvalue weighted by Crippen LogP contribution is -2.48. The van der Waals surface area contributed by atoms with Crippen molar-refractivity contribution in [3.05, 3.63) is 51.9 Å². The summed E-state index contributed by atoms with van der Waals surface area (Å²) in [6.45, 7) is 8.74. The topological polar surface area (TPSA) is 104 Å². The zero-order valence-electron chi connectivity index (χ0n) is 22.9. The second-order valence-corrected chi connectivity index (χ2v) is 11.8. The molecule has 0 unspecified atom stereocenters. The van der Waals surface area contributed by atoms with Gasteiger partial charge in [0.25, 0.3) is 0 Å². The third kappa shape index (κ3) is 6.72. The summed E-state index contributed by atoms with van der Waals surface area (Å²) in [5.74, 6) is -2.03. The van der Waals surface area contributed by atoms with Crippen LogP contribution in [0.25, 0.3) is 10.2 Å². The monoisotopic (exact) mass is 576 g/mol. The van der Waals surface area contributed by atoms with E-state index in [0.29, 0.717) is 25.0 Å². The Morgan fingerprint density at radius 3 is 2.58 bits per heavy atom. The lowest BCUT2D eigenvalue weighted by molar-refractivity contribution is -0.148. The number of piperidine rings is 2. The van der Waals surface area contributed by atoms with Crippen molar-refractivity contribution in [1.82, 2.24) is 20.1 Å². The number of carbonyl (C=O) groups is 2. The number of rotatable bonds is 5. The number of alkyl halides is 3. The molecular weight excluding hydrogens is 541 g/mol. The van der Waals surface area contributed by atoms with Gasteiger partial charge in [0.15, 0.2) is 0 Å². The van der Waals surface area contributed by atoms with Crippen LogP contribution < -0.4 is 11.1 Å². The first-order chi connectivity index (χ1) is 18.9. The number of amides is 2. The Morgan fingerprint density at radius 2 is 1.93 bits per heavy atom. The van der Waals surface area contributed by atoms with Crippen LogP contribution >= 0.6 is 11.3 Å². The first kappa shape index (κ1) is 29.7. The highest BCUT2D eigenvalue weighted by atomic mass is 32.1. The van der Waals surface area contributed by atoms with Crippen molar-refractivity contribution >= 4 is 40.1 Å². The van der Waals surface area contributed by atoms with Crippen LogP contribution in [0, 0.1) is 5.92 Å². The van der Waals surface area contributed by atoms with Crippen LogP contribution in [0.1, 0.15) is 62.1 Å². The van der Waals surface area contributed by atoms with Crippen LogP contribution in [0.4, 0.5) is 13.2 Å². The average molecular weight is 577 g/mol. The van der Waals surface area contributed by atoms with Crippen molar-refractivity contribution in [3.8, 4) is 0 Å². The van der Waals surface area contributed by atoms with Gasteiger partial charge in [0, 0.05) is 18.2 Å². The summed E-state index contributed by atoms with van der Waals surface area (Å²) in [5, 5.41) is 3.41. The number of nitrogens with one attached hydrogen (secondary N) is 1. The number of carbonyl (C=O) groups excluding carboxylic acids is 2. The van der Waals surface area contributed by atoms with Gasteiger partial charge in [-0.15, -0.1) is 11.3 Å². The van der Waals surface area contributed by atoms with Gasteiger partial charge in [0.05, 0.1) is 26.8 Å². The summed E-state index contributed by atoms with van der Waals surface area (Å²) in [5.41, 5.74) is 5.66. The fourth-order valence-electron chi connectivity index (χ4n) is 5.33. The van der Waals surface area contributed by atoms with E-state index in [1.165, 1.54) is 11.8 Å². The molecule has 2 amide bonds. The summed E-state index contributed by atoms with van der Waals surface area (Å²) < 4.78 is 41.2. The van der Waals surface area contributed by atoms with E-state index in [4.69, 9.17) is 10.7 Å². The number of nitrogens with zero attached hydrogens (tertiary/aromatic N) is 4. The van der Waals surface area contributed by atoms with Gasteiger partial charge in [-0.1, -0.05) is 13.0 Å². The van der Waals surface area contributed by atoms with Gasteiger partial charge in [-0.3, -0.25) is 9.59 Å². The summed E-state index contributed by atoms with van der Waals surface area (Å²) >= 11 is 1.71. The Morgan fingerprint density at radius 1 is 1.23 bits per heavy atom. The highest BCUT2D eigenvalue weighted by molar-refractivity contribution is 7.18. The summed E-state index contributed by atoms with van der Waals surface area (Å²) in [6.07, 6.45) is -0.481. The summed E-state index contributed by atoms with van der Waals surface area (Å²) in [6, 6.07) is 5.66. The molecule has 1 aromatic heterocycles. The van der Waals surface area contributed by atoms with Crippen LogP contribution in [-0.4, -0.2) is 66.2 Å². The number of nitrogens with two attached hydrogens (primary N) is 1. The van der Waals surface area contributed by atoms with Crippen molar-refractivity contribution in [2.45, 2.75) is 57.7 Å². The molecule has 2 aliphatic rings. The van der Waals surface area contributed by atoms with E-state index >= 15 is 0 Å². The minimum absolute atomic E-state index is 0.168. The maximum atomic E-state index is 13.4. The van der Waals surface area contributed by atoms with Crippen LogP contribution in [-0.2, 0) is 9.59 Å². The highest BCUT2D eigenvalue weighted by Crippen LogP contribution is 2.38. The standard InChI is InChI=1S/C28H35F3N6O2S/c1-16-5-7-22(19-6-8-23-21(14-19)35-26(40-23)18-9-11-36(4)12-10-18)37(15-16)27(39)25(38)34-17(2)13-20(24(32)33-3)28(29,30)31/h6,8,13-14,16,18,22H,3,5,7,9-12,15,32H2,1-2,4H3,(H,34,38)/b17-13+,24-20+/t16-,22+/m0/s1.